The van der Waals surface area contributed by atoms with E-state index in [0.717, 1.165) is 9.99 Å². The highest BCUT2D eigenvalue weighted by atomic mass is 79.9. The summed E-state index contributed by atoms with van der Waals surface area (Å²) >= 11 is 5.25. The van der Waals surface area contributed by atoms with Crippen molar-refractivity contribution in [1.82, 2.24) is 4.98 Å². The van der Waals surface area contributed by atoms with E-state index < -0.39 is 0 Å². The summed E-state index contributed by atoms with van der Waals surface area (Å²) in [6.07, 6.45) is 1.82. The largest absolute Gasteiger partial charge is 0.255 e. The molecule has 0 aromatic carbocycles. The van der Waals surface area contributed by atoms with Crippen LogP contribution in [0, 0.1) is 6.92 Å². The van der Waals surface area contributed by atoms with E-state index in [2.05, 4.69) is 33.9 Å². The lowest BCUT2D eigenvalue weighted by Gasteiger charge is -1.89. The van der Waals surface area contributed by atoms with E-state index in [1.807, 2.05) is 12.3 Å². The summed E-state index contributed by atoms with van der Waals surface area (Å²) in [5.74, 6) is 0. The molecular weight excluding hydrogens is 222 g/mol. The van der Waals surface area contributed by atoms with Crippen LogP contribution < -0.4 is 0 Å². The molecule has 1 nitrogen and oxygen atoms in total. The number of fused-ring (bicyclic) bond motifs is 1. The van der Waals surface area contributed by atoms with Crippen molar-refractivity contribution < 1.29 is 0 Å². The minimum absolute atomic E-state index is 1.09. The van der Waals surface area contributed by atoms with Crippen LogP contribution in [0.5, 0.6) is 0 Å². The molecule has 0 amide bonds. The predicted molar refractivity (Wildman–Crippen MR) is 52.1 cm³/mol. The Morgan fingerprint density at radius 2 is 2.36 bits per heavy atom. The third kappa shape index (κ3) is 1.19. The summed E-state index contributed by atoms with van der Waals surface area (Å²) in [5.41, 5.74) is 1.09. The van der Waals surface area contributed by atoms with Gasteiger partial charge in [0.2, 0.25) is 0 Å². The van der Waals surface area contributed by atoms with Crippen LogP contribution >= 0.6 is 27.3 Å². The molecule has 2 heterocycles. The molecule has 56 valence electrons. The van der Waals surface area contributed by atoms with Crippen LogP contribution in [-0.2, 0) is 0 Å². The van der Waals surface area contributed by atoms with Crippen LogP contribution in [0.1, 0.15) is 4.88 Å². The first-order valence-electron chi connectivity index (χ1n) is 3.28. The average Bonchev–Trinajstić information content (AvgIpc) is 2.31. The Bertz CT molecular complexity index is 394. The zero-order valence-electron chi connectivity index (χ0n) is 5.97. The quantitative estimate of drug-likeness (QED) is 0.673. The summed E-state index contributed by atoms with van der Waals surface area (Å²) in [4.78, 5) is 5.55. The van der Waals surface area contributed by atoms with E-state index >= 15 is 0 Å². The Balaban J connectivity index is 2.90. The third-order valence-corrected chi connectivity index (χ3v) is 3.48. The smallest absolute Gasteiger partial charge is 0.0823 e. The Kier molecular flexibility index (Phi) is 1.69. The van der Waals surface area contributed by atoms with Crippen LogP contribution in [0.4, 0.5) is 0 Å². The fraction of sp³-hybridized carbons (Fsp3) is 0.125. The summed E-state index contributed by atoms with van der Waals surface area (Å²) < 4.78 is 2.38. The summed E-state index contributed by atoms with van der Waals surface area (Å²) in [5, 5.41) is 0. The molecule has 0 aliphatic rings. The number of nitrogens with zero attached hydrogens (tertiary/aromatic N) is 1. The van der Waals surface area contributed by atoms with Crippen LogP contribution in [0.3, 0.4) is 0 Å². The van der Waals surface area contributed by atoms with E-state index in [1.165, 1.54) is 9.58 Å². The fourth-order valence-corrected chi connectivity index (χ4v) is 2.46. The molecule has 0 bridgehead atoms. The van der Waals surface area contributed by atoms with Gasteiger partial charge in [0.25, 0.3) is 0 Å². The molecule has 3 heteroatoms. The molecular formula is C8H6BrNS. The van der Waals surface area contributed by atoms with Gasteiger partial charge in [0.15, 0.2) is 0 Å². The fourth-order valence-electron chi connectivity index (χ4n) is 1.03. The number of thiophene rings is 1. The van der Waals surface area contributed by atoms with Crippen molar-refractivity contribution in [2.24, 2.45) is 0 Å². The number of pyridine rings is 1. The number of aryl methyl sites for hydroxylation is 1. The first kappa shape index (κ1) is 7.25. The van der Waals surface area contributed by atoms with Gasteiger partial charge in [-0.1, -0.05) is 0 Å². The number of rotatable bonds is 0. The number of hydrogen-bond acceptors (Lipinski definition) is 2. The van der Waals surface area contributed by atoms with Gasteiger partial charge in [-0.05, 0) is 35.0 Å². The maximum atomic E-state index is 4.24. The SMILES string of the molecule is Cc1cc2nccc(Br)c2s1. The van der Waals surface area contributed by atoms with Crippen molar-refractivity contribution in [1.29, 1.82) is 0 Å². The van der Waals surface area contributed by atoms with E-state index in [0.29, 0.717) is 0 Å². The Morgan fingerprint density at radius 3 is 3.09 bits per heavy atom. The molecule has 2 aromatic rings. The Labute approximate surface area is 77.2 Å². The lowest BCUT2D eigenvalue weighted by molar-refractivity contribution is 1.41. The second-order valence-corrected chi connectivity index (χ2v) is 4.47. The first-order valence-corrected chi connectivity index (χ1v) is 4.89. The van der Waals surface area contributed by atoms with Crippen molar-refractivity contribution in [3.63, 3.8) is 0 Å². The molecule has 2 aromatic heterocycles. The highest BCUT2D eigenvalue weighted by Gasteiger charge is 2.01. The van der Waals surface area contributed by atoms with Crippen LogP contribution in [-0.4, -0.2) is 4.98 Å². The topological polar surface area (TPSA) is 12.9 Å². The highest BCUT2D eigenvalue weighted by molar-refractivity contribution is 9.10. The van der Waals surface area contributed by atoms with Crippen molar-refractivity contribution in [3.8, 4) is 0 Å². The number of halogens is 1. The maximum absolute atomic E-state index is 4.24. The van der Waals surface area contributed by atoms with Gasteiger partial charge in [0.05, 0.1) is 10.2 Å². The zero-order chi connectivity index (χ0) is 7.84. The molecule has 11 heavy (non-hydrogen) atoms. The van der Waals surface area contributed by atoms with E-state index in [9.17, 15) is 0 Å². The van der Waals surface area contributed by atoms with Crippen LogP contribution in [0.15, 0.2) is 22.8 Å². The van der Waals surface area contributed by atoms with Gasteiger partial charge in [-0.2, -0.15) is 0 Å². The number of aromatic nitrogens is 1. The van der Waals surface area contributed by atoms with Crippen molar-refractivity contribution in [3.05, 3.63) is 27.7 Å². The number of hydrogen-bond donors (Lipinski definition) is 0. The lowest BCUT2D eigenvalue weighted by Crippen LogP contribution is -1.70. The molecule has 0 unspecified atom stereocenters. The molecule has 2 rings (SSSR count). The monoisotopic (exact) mass is 227 g/mol. The standard InChI is InChI=1S/C8H6BrNS/c1-5-4-7-8(11-5)6(9)2-3-10-7/h2-4H,1H3. The van der Waals surface area contributed by atoms with Gasteiger partial charge in [0, 0.05) is 15.5 Å². The third-order valence-electron chi connectivity index (χ3n) is 1.49. The summed E-state index contributed by atoms with van der Waals surface area (Å²) in [6.45, 7) is 2.10. The second-order valence-electron chi connectivity index (χ2n) is 2.36. The first-order chi connectivity index (χ1) is 5.27. The van der Waals surface area contributed by atoms with Crippen LogP contribution in [0.2, 0.25) is 0 Å². The van der Waals surface area contributed by atoms with Crippen molar-refractivity contribution in [2.75, 3.05) is 0 Å². The second kappa shape index (κ2) is 2.57. The maximum Gasteiger partial charge on any atom is 0.0823 e. The predicted octanol–water partition coefficient (Wildman–Crippen LogP) is 3.37. The molecule has 0 atom stereocenters. The normalized spacial score (nSPS) is 10.7. The highest BCUT2D eigenvalue weighted by Crippen LogP contribution is 2.29. The van der Waals surface area contributed by atoms with Gasteiger partial charge in [0.1, 0.15) is 0 Å². The van der Waals surface area contributed by atoms with Gasteiger partial charge in [-0.3, -0.25) is 4.98 Å². The minimum atomic E-state index is 1.09. The van der Waals surface area contributed by atoms with Crippen molar-refractivity contribution >= 4 is 37.5 Å². The Hall–Kier alpha value is -0.410. The Morgan fingerprint density at radius 1 is 1.55 bits per heavy atom. The molecule has 0 radical (unpaired) electrons. The minimum Gasteiger partial charge on any atom is -0.255 e. The molecule has 0 spiro atoms. The zero-order valence-corrected chi connectivity index (χ0v) is 8.37. The molecule has 0 saturated carbocycles. The molecule has 0 fully saturated rings. The van der Waals surface area contributed by atoms with E-state index in [1.54, 1.807) is 11.3 Å². The van der Waals surface area contributed by atoms with Crippen LogP contribution in [0.25, 0.3) is 10.2 Å². The lowest BCUT2D eigenvalue weighted by atomic mass is 10.4. The van der Waals surface area contributed by atoms with Crippen molar-refractivity contribution in [2.45, 2.75) is 6.92 Å². The van der Waals surface area contributed by atoms with E-state index in [4.69, 9.17) is 0 Å². The molecule has 0 aliphatic heterocycles. The van der Waals surface area contributed by atoms with E-state index in [-0.39, 0.29) is 0 Å². The van der Waals surface area contributed by atoms with Gasteiger partial charge >= 0.3 is 0 Å². The molecule has 0 saturated heterocycles. The van der Waals surface area contributed by atoms with Gasteiger partial charge < -0.3 is 0 Å². The molecule has 0 N–H and O–H groups in total. The average molecular weight is 228 g/mol. The summed E-state index contributed by atoms with van der Waals surface area (Å²) in [6, 6.07) is 4.07. The molecule has 0 aliphatic carbocycles. The summed E-state index contributed by atoms with van der Waals surface area (Å²) in [7, 11) is 0. The van der Waals surface area contributed by atoms with Gasteiger partial charge in [-0.25, -0.2) is 0 Å². The van der Waals surface area contributed by atoms with Gasteiger partial charge in [-0.15, -0.1) is 11.3 Å².